The zero-order chi connectivity index (χ0) is 18.4. The molecule has 1 aromatic carbocycles. The number of carbonyl (C=O) groups excluding carboxylic acids is 2. The smallest absolute Gasteiger partial charge is 0.340 e. The van der Waals surface area contributed by atoms with Crippen molar-refractivity contribution in [2.45, 2.75) is 46.1 Å². The topological polar surface area (TPSA) is 67.4 Å². The van der Waals surface area contributed by atoms with Crippen molar-refractivity contribution in [1.82, 2.24) is 4.84 Å². The van der Waals surface area contributed by atoms with Crippen LogP contribution >= 0.6 is 11.8 Å². The molecular formula is C19H27ClN2O3. The van der Waals surface area contributed by atoms with E-state index in [1.807, 2.05) is 0 Å². The molecule has 3 atom stereocenters. The van der Waals surface area contributed by atoms with Crippen LogP contribution in [-0.2, 0) is 9.53 Å². The highest BCUT2D eigenvalue weighted by Gasteiger charge is 2.34. The van der Waals surface area contributed by atoms with E-state index in [1.54, 1.807) is 24.3 Å². The fraction of sp³-hybridized carbons (Fsp3) is 0.579. The molecule has 1 fully saturated rings. The summed E-state index contributed by atoms with van der Waals surface area (Å²) < 4.78 is 5.87. The van der Waals surface area contributed by atoms with Crippen LogP contribution in [0, 0.1) is 17.8 Å². The van der Waals surface area contributed by atoms with E-state index in [0.717, 1.165) is 12.8 Å². The van der Waals surface area contributed by atoms with Gasteiger partial charge in [0.15, 0.2) is 0 Å². The SMILES string of the molecule is CC(C)[C@@H]1CC[C@@H](C)C[C@H]1OC(=O)c1ccccc1NC(=O)CNCl. The fourth-order valence-electron chi connectivity index (χ4n) is 3.48. The highest BCUT2D eigenvalue weighted by atomic mass is 35.5. The summed E-state index contributed by atoms with van der Waals surface area (Å²) in [5.41, 5.74) is 0.806. The highest BCUT2D eigenvalue weighted by molar-refractivity contribution is 6.15. The zero-order valence-corrected chi connectivity index (χ0v) is 15.8. The van der Waals surface area contributed by atoms with E-state index in [0.29, 0.717) is 29.0 Å². The Balaban J connectivity index is 2.13. The second-order valence-electron chi connectivity index (χ2n) is 7.17. The third-order valence-corrected chi connectivity index (χ3v) is 5.00. The van der Waals surface area contributed by atoms with Gasteiger partial charge in [-0.3, -0.25) is 4.79 Å². The van der Waals surface area contributed by atoms with Crippen LogP contribution in [-0.4, -0.2) is 24.5 Å². The number of halogens is 1. The summed E-state index contributed by atoms with van der Waals surface area (Å²) in [5.74, 6) is 0.691. The third kappa shape index (κ3) is 5.44. The van der Waals surface area contributed by atoms with Gasteiger partial charge < -0.3 is 10.1 Å². The van der Waals surface area contributed by atoms with E-state index in [1.165, 1.54) is 6.42 Å². The quantitative estimate of drug-likeness (QED) is 0.590. The maximum Gasteiger partial charge on any atom is 0.340 e. The third-order valence-electron chi connectivity index (χ3n) is 4.87. The Morgan fingerprint density at radius 1 is 1.28 bits per heavy atom. The van der Waals surface area contributed by atoms with E-state index in [4.69, 9.17) is 16.5 Å². The molecule has 0 saturated heterocycles. The zero-order valence-electron chi connectivity index (χ0n) is 15.0. The highest BCUT2D eigenvalue weighted by Crippen LogP contribution is 2.36. The van der Waals surface area contributed by atoms with Crippen LogP contribution < -0.4 is 10.2 Å². The van der Waals surface area contributed by atoms with Crippen LogP contribution in [0.15, 0.2) is 24.3 Å². The molecule has 1 aliphatic rings. The van der Waals surface area contributed by atoms with E-state index in [2.05, 4.69) is 30.9 Å². The Bertz CT molecular complexity index is 606. The van der Waals surface area contributed by atoms with E-state index in [-0.39, 0.29) is 24.5 Å². The number of hydrogen-bond donors (Lipinski definition) is 2. The summed E-state index contributed by atoms with van der Waals surface area (Å²) in [5, 5.41) is 2.69. The maximum atomic E-state index is 12.7. The maximum absolute atomic E-state index is 12.7. The van der Waals surface area contributed by atoms with Crippen molar-refractivity contribution in [3.63, 3.8) is 0 Å². The first-order chi connectivity index (χ1) is 11.9. The number of nitrogens with one attached hydrogen (secondary N) is 2. The van der Waals surface area contributed by atoms with Crippen LogP contribution in [0.4, 0.5) is 5.69 Å². The molecule has 1 saturated carbocycles. The van der Waals surface area contributed by atoms with E-state index >= 15 is 0 Å². The molecule has 0 aliphatic heterocycles. The van der Waals surface area contributed by atoms with Crippen LogP contribution in [0.5, 0.6) is 0 Å². The molecule has 0 heterocycles. The number of rotatable bonds is 6. The summed E-state index contributed by atoms with van der Waals surface area (Å²) in [6.45, 7) is 6.51. The first kappa shape index (κ1) is 19.7. The summed E-state index contributed by atoms with van der Waals surface area (Å²) in [7, 11) is 0. The molecule has 2 N–H and O–H groups in total. The van der Waals surface area contributed by atoms with Gasteiger partial charge in [0.25, 0.3) is 0 Å². The molecule has 0 unspecified atom stereocenters. The lowest BCUT2D eigenvalue weighted by Crippen LogP contribution is -2.36. The Morgan fingerprint density at radius 3 is 2.68 bits per heavy atom. The van der Waals surface area contributed by atoms with Crippen molar-refractivity contribution in [2.75, 3.05) is 11.9 Å². The second kappa shape index (κ2) is 9.20. The van der Waals surface area contributed by atoms with Crippen LogP contribution in [0.3, 0.4) is 0 Å². The number of para-hydroxylation sites is 1. The molecule has 2 rings (SSSR count). The fourth-order valence-corrected chi connectivity index (χ4v) is 3.60. The molecule has 1 aromatic rings. The van der Waals surface area contributed by atoms with Gasteiger partial charge in [-0.05, 0) is 54.5 Å². The lowest BCUT2D eigenvalue weighted by molar-refractivity contribution is -0.115. The Morgan fingerprint density at radius 2 is 2.00 bits per heavy atom. The van der Waals surface area contributed by atoms with Gasteiger partial charge >= 0.3 is 5.97 Å². The Hall–Kier alpha value is -1.59. The van der Waals surface area contributed by atoms with Gasteiger partial charge in [0.1, 0.15) is 6.10 Å². The minimum atomic E-state index is -0.389. The number of amides is 1. The monoisotopic (exact) mass is 366 g/mol. The summed E-state index contributed by atoms with van der Waals surface area (Å²) in [4.78, 5) is 26.8. The molecule has 25 heavy (non-hydrogen) atoms. The number of benzene rings is 1. The van der Waals surface area contributed by atoms with Crippen molar-refractivity contribution in [2.24, 2.45) is 17.8 Å². The lowest BCUT2D eigenvalue weighted by Gasteiger charge is -2.36. The molecular weight excluding hydrogens is 340 g/mol. The van der Waals surface area contributed by atoms with Gasteiger partial charge in [-0.2, -0.15) is 0 Å². The molecule has 0 spiro atoms. The summed E-state index contributed by atoms with van der Waals surface area (Å²) in [6.07, 6.45) is 3.06. The predicted octanol–water partition coefficient (Wildman–Crippen LogP) is 3.99. The Labute approximate surface area is 154 Å². The molecule has 1 amide bonds. The van der Waals surface area contributed by atoms with Crippen molar-refractivity contribution in [3.8, 4) is 0 Å². The first-order valence-electron chi connectivity index (χ1n) is 8.85. The molecule has 0 aromatic heterocycles. The molecule has 5 nitrogen and oxygen atoms in total. The minimum absolute atomic E-state index is 0.0412. The molecule has 6 heteroatoms. The standard InChI is InChI=1S/C19H27ClN2O3/c1-12(2)14-9-8-13(3)10-17(14)25-19(24)15-6-4-5-7-16(15)22-18(23)11-21-20/h4-7,12-14,17,21H,8-11H2,1-3H3,(H,22,23)/t13-,14+,17-/m1/s1. The van der Waals surface area contributed by atoms with Gasteiger partial charge in [-0.15, -0.1) is 0 Å². The van der Waals surface area contributed by atoms with Crippen LogP contribution in [0.2, 0.25) is 0 Å². The Kier molecular flexibility index (Phi) is 7.26. The number of ether oxygens (including phenoxy) is 1. The largest absolute Gasteiger partial charge is 0.458 e. The average molecular weight is 367 g/mol. The molecule has 0 bridgehead atoms. The van der Waals surface area contributed by atoms with Gasteiger partial charge in [0.05, 0.1) is 17.8 Å². The first-order valence-corrected chi connectivity index (χ1v) is 9.23. The van der Waals surface area contributed by atoms with Gasteiger partial charge in [0, 0.05) is 0 Å². The van der Waals surface area contributed by atoms with E-state index < -0.39 is 0 Å². The van der Waals surface area contributed by atoms with Crippen molar-refractivity contribution < 1.29 is 14.3 Å². The van der Waals surface area contributed by atoms with Crippen molar-refractivity contribution in [3.05, 3.63) is 29.8 Å². The van der Waals surface area contributed by atoms with Crippen LogP contribution in [0.25, 0.3) is 0 Å². The van der Waals surface area contributed by atoms with Gasteiger partial charge in [-0.25, -0.2) is 9.63 Å². The van der Waals surface area contributed by atoms with E-state index in [9.17, 15) is 9.59 Å². The van der Waals surface area contributed by atoms with Gasteiger partial charge in [0.2, 0.25) is 5.91 Å². The average Bonchev–Trinajstić information content (AvgIpc) is 2.55. The molecule has 1 aliphatic carbocycles. The number of hydrogen-bond acceptors (Lipinski definition) is 4. The van der Waals surface area contributed by atoms with Crippen molar-refractivity contribution in [1.29, 1.82) is 0 Å². The number of anilines is 1. The number of carbonyl (C=O) groups is 2. The lowest BCUT2D eigenvalue weighted by atomic mass is 9.75. The van der Waals surface area contributed by atoms with Crippen LogP contribution in [0.1, 0.15) is 50.4 Å². The summed E-state index contributed by atoms with van der Waals surface area (Å²) >= 11 is 5.35. The molecule has 138 valence electrons. The van der Waals surface area contributed by atoms with Gasteiger partial charge in [-0.1, -0.05) is 39.3 Å². The number of esters is 1. The minimum Gasteiger partial charge on any atom is -0.458 e. The molecule has 0 radical (unpaired) electrons. The van der Waals surface area contributed by atoms with Crippen molar-refractivity contribution >= 4 is 29.3 Å². The second-order valence-corrected chi connectivity index (χ2v) is 7.44. The summed E-state index contributed by atoms with van der Waals surface area (Å²) in [6, 6.07) is 6.88. The predicted molar refractivity (Wildman–Crippen MR) is 99.5 cm³/mol. The normalized spacial score (nSPS) is 23.3.